The van der Waals surface area contributed by atoms with Crippen molar-refractivity contribution in [2.24, 2.45) is 10.2 Å². The lowest BCUT2D eigenvalue weighted by atomic mass is 10.2. The van der Waals surface area contributed by atoms with Crippen LogP contribution in [0.5, 0.6) is 11.5 Å². The van der Waals surface area contributed by atoms with Gasteiger partial charge in [0.1, 0.15) is 11.9 Å². The molecule has 3 aromatic rings. The van der Waals surface area contributed by atoms with Crippen LogP contribution in [0.4, 0.5) is 5.69 Å². The molecule has 0 aromatic heterocycles. The predicted molar refractivity (Wildman–Crippen MR) is 138 cm³/mol. The fourth-order valence-electron chi connectivity index (χ4n) is 3.31. The fourth-order valence-corrected chi connectivity index (χ4v) is 4.24. The Bertz CT molecular complexity index is 1230. The maximum atomic E-state index is 12.3. The smallest absolute Gasteiger partial charge is 0.240 e. The molecule has 1 atom stereocenters. The predicted octanol–water partition coefficient (Wildman–Crippen LogP) is 4.22. The summed E-state index contributed by atoms with van der Waals surface area (Å²) < 4.78 is 11.5. The molecule has 4 rings (SSSR count). The number of hydrogen-bond donors (Lipinski definition) is 2. The largest absolute Gasteiger partial charge is 0.493 e. The maximum Gasteiger partial charge on any atom is 0.240 e. The minimum absolute atomic E-state index is 0.0293. The number of rotatable bonds is 9. The second kappa shape index (κ2) is 11.8. The molecule has 1 aliphatic heterocycles. The highest BCUT2D eigenvalue weighted by Gasteiger charge is 2.32. The monoisotopic (exact) mass is 488 g/mol. The average molecular weight is 489 g/mol. The number of methoxy groups -OCH3 is 1. The molecule has 9 heteroatoms. The standard InChI is InChI=1S/C26H24N4O4S/c1-33-21-14-8-11-19(24(21)34-17-18-9-4-2-5-10-18)16-27-30-26-29-25(32)22(35-26)15-23(31)28-20-12-6-3-7-13-20/h2-14,16,22H,15,17H2,1H3,(H,28,31)(H,29,30,32)/b27-16-/t22-/m0/s1. The Morgan fingerprint density at radius 1 is 1.06 bits per heavy atom. The zero-order valence-electron chi connectivity index (χ0n) is 19.0. The SMILES string of the molecule is COc1cccc(/C=N\N=C2\NC(=O)[C@H](CC(=O)Nc3ccccc3)S2)c1OCc1ccccc1. The molecule has 178 valence electrons. The van der Waals surface area contributed by atoms with Gasteiger partial charge in [-0.05, 0) is 29.8 Å². The number of thioether (sulfide) groups is 1. The lowest BCUT2D eigenvalue weighted by Crippen LogP contribution is -2.28. The number of hydrogen-bond acceptors (Lipinski definition) is 7. The fraction of sp³-hybridized carbons (Fsp3) is 0.154. The number of benzene rings is 3. The summed E-state index contributed by atoms with van der Waals surface area (Å²) in [7, 11) is 1.57. The number of carbonyl (C=O) groups is 2. The van der Waals surface area contributed by atoms with Gasteiger partial charge in [0.2, 0.25) is 11.8 Å². The summed E-state index contributed by atoms with van der Waals surface area (Å²) in [6, 6.07) is 24.4. The van der Waals surface area contributed by atoms with Gasteiger partial charge in [-0.3, -0.25) is 9.59 Å². The number of carbonyl (C=O) groups excluding carboxylic acids is 2. The van der Waals surface area contributed by atoms with Crippen molar-refractivity contribution in [1.82, 2.24) is 5.32 Å². The van der Waals surface area contributed by atoms with E-state index in [2.05, 4.69) is 20.8 Å². The van der Waals surface area contributed by atoms with Gasteiger partial charge in [-0.25, -0.2) is 0 Å². The Labute approximate surface area is 207 Å². The number of para-hydroxylation sites is 2. The first-order chi connectivity index (χ1) is 17.1. The van der Waals surface area contributed by atoms with Gasteiger partial charge in [0, 0.05) is 17.7 Å². The van der Waals surface area contributed by atoms with Crippen molar-refractivity contribution >= 4 is 40.6 Å². The third-order valence-electron chi connectivity index (χ3n) is 5.01. The van der Waals surface area contributed by atoms with Gasteiger partial charge in [-0.2, -0.15) is 5.10 Å². The van der Waals surface area contributed by atoms with Crippen molar-refractivity contribution in [2.45, 2.75) is 18.3 Å². The van der Waals surface area contributed by atoms with E-state index in [-0.39, 0.29) is 18.2 Å². The minimum Gasteiger partial charge on any atom is -0.493 e. The van der Waals surface area contributed by atoms with E-state index in [0.29, 0.717) is 34.5 Å². The van der Waals surface area contributed by atoms with Gasteiger partial charge in [0.15, 0.2) is 16.7 Å². The Morgan fingerprint density at radius 2 is 1.80 bits per heavy atom. The van der Waals surface area contributed by atoms with E-state index >= 15 is 0 Å². The van der Waals surface area contributed by atoms with Crippen LogP contribution < -0.4 is 20.1 Å². The van der Waals surface area contributed by atoms with Crippen molar-refractivity contribution in [3.63, 3.8) is 0 Å². The molecule has 1 saturated heterocycles. The maximum absolute atomic E-state index is 12.3. The van der Waals surface area contributed by atoms with Crippen molar-refractivity contribution in [2.75, 3.05) is 12.4 Å². The number of anilines is 1. The van der Waals surface area contributed by atoms with Gasteiger partial charge in [0.05, 0.1) is 13.3 Å². The Hall–Kier alpha value is -4.11. The minimum atomic E-state index is -0.575. The highest BCUT2D eigenvalue weighted by atomic mass is 32.2. The van der Waals surface area contributed by atoms with Crippen LogP contribution >= 0.6 is 11.8 Å². The molecular weight excluding hydrogens is 464 g/mol. The molecule has 0 bridgehead atoms. The lowest BCUT2D eigenvalue weighted by molar-refractivity contribution is -0.122. The first kappa shape index (κ1) is 24.0. The van der Waals surface area contributed by atoms with E-state index in [1.807, 2.05) is 66.7 Å². The average Bonchev–Trinajstić information content (AvgIpc) is 3.22. The van der Waals surface area contributed by atoms with Crippen LogP contribution in [0.15, 0.2) is 89.1 Å². The van der Waals surface area contributed by atoms with Crippen LogP contribution in [-0.2, 0) is 16.2 Å². The van der Waals surface area contributed by atoms with Crippen LogP contribution in [0.25, 0.3) is 0 Å². The summed E-state index contributed by atoms with van der Waals surface area (Å²) in [6.45, 7) is 0.370. The molecule has 3 aromatic carbocycles. The molecule has 2 amide bonds. The van der Waals surface area contributed by atoms with Gasteiger partial charge >= 0.3 is 0 Å². The molecule has 2 N–H and O–H groups in total. The lowest BCUT2D eigenvalue weighted by Gasteiger charge is -2.13. The molecule has 0 radical (unpaired) electrons. The molecule has 1 fully saturated rings. The summed E-state index contributed by atoms with van der Waals surface area (Å²) in [4.78, 5) is 24.6. The summed E-state index contributed by atoms with van der Waals surface area (Å²) >= 11 is 1.17. The first-order valence-corrected chi connectivity index (χ1v) is 11.8. The molecular formula is C26H24N4O4S. The van der Waals surface area contributed by atoms with Gasteiger partial charge in [0.25, 0.3) is 0 Å². The number of nitrogens with zero attached hydrogens (tertiary/aromatic N) is 2. The molecule has 0 aliphatic carbocycles. The van der Waals surface area contributed by atoms with E-state index in [0.717, 1.165) is 5.56 Å². The third kappa shape index (κ3) is 6.70. The van der Waals surface area contributed by atoms with Crippen molar-refractivity contribution < 1.29 is 19.1 Å². The highest BCUT2D eigenvalue weighted by molar-refractivity contribution is 8.15. The summed E-state index contributed by atoms with van der Waals surface area (Å²) in [5.41, 5.74) is 2.38. The number of amidine groups is 1. The van der Waals surface area contributed by atoms with Crippen molar-refractivity contribution in [3.05, 3.63) is 90.0 Å². The Balaban J connectivity index is 1.39. The molecule has 1 aliphatic rings. The summed E-state index contributed by atoms with van der Waals surface area (Å²) in [5, 5.41) is 13.4. The van der Waals surface area contributed by atoms with E-state index in [9.17, 15) is 9.59 Å². The molecule has 1 heterocycles. The third-order valence-corrected chi connectivity index (χ3v) is 6.08. The van der Waals surface area contributed by atoms with Crippen LogP contribution in [0, 0.1) is 0 Å². The first-order valence-electron chi connectivity index (χ1n) is 10.9. The van der Waals surface area contributed by atoms with E-state index < -0.39 is 5.25 Å². The van der Waals surface area contributed by atoms with Crippen molar-refractivity contribution in [1.29, 1.82) is 0 Å². The topological polar surface area (TPSA) is 101 Å². The quantitative estimate of drug-likeness (QED) is 0.347. The number of ether oxygens (including phenoxy) is 2. The van der Waals surface area contributed by atoms with Crippen molar-refractivity contribution in [3.8, 4) is 11.5 Å². The van der Waals surface area contributed by atoms with Crippen LogP contribution in [-0.4, -0.2) is 35.6 Å². The zero-order chi connectivity index (χ0) is 24.5. The molecule has 0 saturated carbocycles. The van der Waals surface area contributed by atoms with Gasteiger partial charge < -0.3 is 20.1 Å². The normalized spacial score (nSPS) is 16.3. The number of nitrogens with one attached hydrogen (secondary N) is 2. The second-order valence-electron chi connectivity index (χ2n) is 7.52. The van der Waals surface area contributed by atoms with Crippen LogP contribution in [0.2, 0.25) is 0 Å². The zero-order valence-corrected chi connectivity index (χ0v) is 19.8. The van der Waals surface area contributed by atoms with Crippen LogP contribution in [0.3, 0.4) is 0 Å². The van der Waals surface area contributed by atoms with E-state index in [1.54, 1.807) is 19.2 Å². The summed E-state index contributed by atoms with van der Waals surface area (Å²) in [5.74, 6) is 0.595. The molecule has 35 heavy (non-hydrogen) atoms. The second-order valence-corrected chi connectivity index (χ2v) is 8.71. The Morgan fingerprint density at radius 3 is 2.54 bits per heavy atom. The summed E-state index contributed by atoms with van der Waals surface area (Å²) in [6.07, 6.45) is 1.57. The molecule has 0 spiro atoms. The molecule has 8 nitrogen and oxygen atoms in total. The highest BCUT2D eigenvalue weighted by Crippen LogP contribution is 2.31. The van der Waals surface area contributed by atoms with E-state index in [1.165, 1.54) is 18.0 Å². The Kier molecular flexibility index (Phi) is 8.13. The van der Waals surface area contributed by atoms with Gasteiger partial charge in [-0.15, -0.1) is 5.10 Å². The van der Waals surface area contributed by atoms with E-state index in [4.69, 9.17) is 9.47 Å². The molecule has 0 unspecified atom stereocenters. The number of amides is 2. The van der Waals surface area contributed by atoms with Crippen LogP contribution in [0.1, 0.15) is 17.5 Å². The van der Waals surface area contributed by atoms with Gasteiger partial charge in [-0.1, -0.05) is 66.4 Å².